The zero-order valence-electron chi connectivity index (χ0n) is 11.2. The average Bonchev–Trinajstić information content (AvgIpc) is 2.92. The first kappa shape index (κ1) is 13.9. The van der Waals surface area contributed by atoms with Crippen molar-refractivity contribution >= 4 is 17.3 Å². The van der Waals surface area contributed by atoms with Gasteiger partial charge in [0.1, 0.15) is 0 Å². The van der Waals surface area contributed by atoms with Crippen LogP contribution >= 0.6 is 0 Å². The number of imidazole rings is 1. The molecule has 2 aromatic rings. The molecule has 1 aromatic carbocycles. The van der Waals surface area contributed by atoms with Gasteiger partial charge in [-0.2, -0.15) is 0 Å². The average molecular weight is 273 g/mol. The second kappa shape index (κ2) is 6.60. The van der Waals surface area contributed by atoms with Crippen LogP contribution in [0.1, 0.15) is 23.2 Å². The monoisotopic (exact) mass is 273 g/mol. The van der Waals surface area contributed by atoms with Crippen LogP contribution in [0.25, 0.3) is 0 Å². The van der Waals surface area contributed by atoms with Crippen molar-refractivity contribution < 1.29 is 4.79 Å². The van der Waals surface area contributed by atoms with Gasteiger partial charge in [-0.1, -0.05) is 0 Å². The molecular formula is C14H19N5O. The summed E-state index contributed by atoms with van der Waals surface area (Å²) in [6.07, 6.45) is 7.54. The van der Waals surface area contributed by atoms with Crippen molar-refractivity contribution in [1.82, 2.24) is 9.55 Å². The smallest absolute Gasteiger partial charge is 0.250 e. The van der Waals surface area contributed by atoms with Crippen LogP contribution in [0, 0.1) is 0 Å². The van der Waals surface area contributed by atoms with Crippen LogP contribution in [-0.4, -0.2) is 22.0 Å². The van der Waals surface area contributed by atoms with E-state index < -0.39 is 5.91 Å². The van der Waals surface area contributed by atoms with Gasteiger partial charge < -0.3 is 21.4 Å². The summed E-state index contributed by atoms with van der Waals surface area (Å²) in [5.41, 5.74) is 12.7. The molecule has 0 saturated heterocycles. The van der Waals surface area contributed by atoms with E-state index in [-0.39, 0.29) is 0 Å². The summed E-state index contributed by atoms with van der Waals surface area (Å²) in [5, 5.41) is 3.22. The number of carbonyl (C=O) groups is 1. The lowest BCUT2D eigenvalue weighted by atomic mass is 10.1. The Morgan fingerprint density at radius 3 is 2.90 bits per heavy atom. The Morgan fingerprint density at radius 1 is 1.35 bits per heavy atom. The Kier molecular flexibility index (Phi) is 4.60. The van der Waals surface area contributed by atoms with Crippen LogP contribution in [-0.2, 0) is 6.54 Å². The quantitative estimate of drug-likeness (QED) is 0.525. The fraction of sp³-hybridized carbons (Fsp3) is 0.286. The van der Waals surface area contributed by atoms with Crippen molar-refractivity contribution in [2.75, 3.05) is 17.6 Å². The van der Waals surface area contributed by atoms with Gasteiger partial charge >= 0.3 is 0 Å². The molecular weight excluding hydrogens is 254 g/mol. The topological polar surface area (TPSA) is 99.0 Å². The normalized spacial score (nSPS) is 10.4. The van der Waals surface area contributed by atoms with Crippen LogP contribution in [0.4, 0.5) is 11.4 Å². The highest BCUT2D eigenvalue weighted by molar-refractivity contribution is 5.99. The fourth-order valence-electron chi connectivity index (χ4n) is 1.98. The number of unbranched alkanes of at least 4 members (excludes halogenated alkanes) is 1. The van der Waals surface area contributed by atoms with Crippen LogP contribution < -0.4 is 16.8 Å². The van der Waals surface area contributed by atoms with Crippen molar-refractivity contribution in [3.63, 3.8) is 0 Å². The van der Waals surface area contributed by atoms with E-state index in [2.05, 4.69) is 10.3 Å². The molecule has 106 valence electrons. The van der Waals surface area contributed by atoms with E-state index in [4.69, 9.17) is 11.5 Å². The lowest BCUT2D eigenvalue weighted by Crippen LogP contribution is -2.15. The third kappa shape index (κ3) is 3.74. The second-order valence-corrected chi connectivity index (χ2v) is 4.60. The molecule has 1 amide bonds. The molecule has 0 saturated carbocycles. The highest BCUT2D eigenvalue weighted by Gasteiger charge is 2.07. The maximum Gasteiger partial charge on any atom is 0.250 e. The number of hydrogen-bond donors (Lipinski definition) is 3. The molecule has 20 heavy (non-hydrogen) atoms. The van der Waals surface area contributed by atoms with E-state index in [0.717, 1.165) is 31.6 Å². The highest BCUT2D eigenvalue weighted by Crippen LogP contribution is 2.18. The zero-order valence-corrected chi connectivity index (χ0v) is 11.2. The lowest BCUT2D eigenvalue weighted by Gasteiger charge is -2.10. The van der Waals surface area contributed by atoms with Crippen LogP contribution in [0.2, 0.25) is 0 Å². The number of rotatable bonds is 7. The molecule has 0 fully saturated rings. The molecule has 2 rings (SSSR count). The van der Waals surface area contributed by atoms with E-state index >= 15 is 0 Å². The zero-order chi connectivity index (χ0) is 14.4. The number of carbonyl (C=O) groups excluding carboxylic acids is 1. The molecule has 0 spiro atoms. The standard InChI is InChI=1S/C14H19N5O/c15-11-3-4-13(12(9-11)14(16)20)18-5-1-2-7-19-8-6-17-10-19/h3-4,6,8-10,18H,1-2,5,7,15H2,(H2,16,20). The first-order chi connectivity index (χ1) is 9.66. The van der Waals surface area contributed by atoms with Crippen molar-refractivity contribution in [2.45, 2.75) is 19.4 Å². The van der Waals surface area contributed by atoms with E-state index in [1.807, 2.05) is 10.8 Å². The van der Waals surface area contributed by atoms with E-state index in [1.165, 1.54) is 0 Å². The molecule has 6 heteroatoms. The van der Waals surface area contributed by atoms with Gasteiger partial charge in [-0.05, 0) is 31.0 Å². The Bertz CT molecular complexity index is 565. The number of primary amides is 1. The number of nitrogen functional groups attached to an aromatic ring is 1. The van der Waals surface area contributed by atoms with Gasteiger partial charge in [-0.3, -0.25) is 4.79 Å². The summed E-state index contributed by atoms with van der Waals surface area (Å²) in [5.74, 6) is -0.474. The predicted octanol–water partition coefficient (Wildman–Crippen LogP) is 1.46. The van der Waals surface area contributed by atoms with Gasteiger partial charge in [0.2, 0.25) is 0 Å². The number of nitrogens with one attached hydrogen (secondary N) is 1. The SMILES string of the molecule is NC(=O)c1cc(N)ccc1NCCCCn1ccnc1. The first-order valence-corrected chi connectivity index (χ1v) is 6.56. The minimum atomic E-state index is -0.474. The lowest BCUT2D eigenvalue weighted by molar-refractivity contribution is 0.100. The first-order valence-electron chi connectivity index (χ1n) is 6.56. The van der Waals surface area contributed by atoms with E-state index in [0.29, 0.717) is 11.3 Å². The van der Waals surface area contributed by atoms with Gasteiger partial charge in [0.05, 0.1) is 11.9 Å². The largest absolute Gasteiger partial charge is 0.399 e. The molecule has 5 N–H and O–H groups in total. The fourth-order valence-corrected chi connectivity index (χ4v) is 1.98. The molecule has 0 atom stereocenters. The Hall–Kier alpha value is -2.50. The predicted molar refractivity (Wildman–Crippen MR) is 79.3 cm³/mol. The number of nitrogens with zero attached hydrogens (tertiary/aromatic N) is 2. The number of aryl methyl sites for hydroxylation is 1. The van der Waals surface area contributed by atoms with Crippen LogP contribution in [0.3, 0.4) is 0 Å². The number of anilines is 2. The van der Waals surface area contributed by atoms with Crippen molar-refractivity contribution in [1.29, 1.82) is 0 Å². The summed E-state index contributed by atoms with van der Waals surface area (Å²) in [7, 11) is 0. The minimum absolute atomic E-state index is 0.430. The molecule has 0 unspecified atom stereocenters. The van der Waals surface area contributed by atoms with E-state index in [1.54, 1.807) is 30.7 Å². The van der Waals surface area contributed by atoms with Gasteiger partial charge in [0, 0.05) is 36.9 Å². The molecule has 0 aliphatic rings. The highest BCUT2D eigenvalue weighted by atomic mass is 16.1. The molecule has 0 aliphatic heterocycles. The number of benzene rings is 1. The van der Waals surface area contributed by atoms with Gasteiger partial charge in [-0.25, -0.2) is 4.98 Å². The Morgan fingerprint density at radius 2 is 2.20 bits per heavy atom. The van der Waals surface area contributed by atoms with Crippen molar-refractivity contribution in [3.05, 3.63) is 42.5 Å². The summed E-state index contributed by atoms with van der Waals surface area (Å²) < 4.78 is 2.04. The summed E-state index contributed by atoms with van der Waals surface area (Å²) >= 11 is 0. The molecule has 1 aromatic heterocycles. The summed E-state index contributed by atoms with van der Waals surface area (Å²) in [6, 6.07) is 5.13. The summed E-state index contributed by atoms with van der Waals surface area (Å²) in [6.45, 7) is 1.71. The third-order valence-corrected chi connectivity index (χ3v) is 3.03. The van der Waals surface area contributed by atoms with Gasteiger partial charge in [-0.15, -0.1) is 0 Å². The summed E-state index contributed by atoms with van der Waals surface area (Å²) in [4.78, 5) is 15.3. The second-order valence-electron chi connectivity index (χ2n) is 4.60. The van der Waals surface area contributed by atoms with Crippen molar-refractivity contribution in [3.8, 4) is 0 Å². The maximum absolute atomic E-state index is 11.3. The van der Waals surface area contributed by atoms with Gasteiger partial charge in [0.25, 0.3) is 5.91 Å². The number of amides is 1. The molecule has 0 aliphatic carbocycles. The van der Waals surface area contributed by atoms with Crippen molar-refractivity contribution in [2.24, 2.45) is 5.73 Å². The Balaban J connectivity index is 1.80. The molecule has 0 bridgehead atoms. The molecule has 0 radical (unpaired) electrons. The maximum atomic E-state index is 11.3. The van der Waals surface area contributed by atoms with Crippen LogP contribution in [0.5, 0.6) is 0 Å². The number of hydrogen-bond acceptors (Lipinski definition) is 4. The number of aromatic nitrogens is 2. The Labute approximate surface area is 117 Å². The van der Waals surface area contributed by atoms with Crippen LogP contribution in [0.15, 0.2) is 36.9 Å². The van der Waals surface area contributed by atoms with E-state index in [9.17, 15) is 4.79 Å². The van der Waals surface area contributed by atoms with Gasteiger partial charge in [0.15, 0.2) is 0 Å². The minimum Gasteiger partial charge on any atom is -0.399 e. The third-order valence-electron chi connectivity index (χ3n) is 3.03. The molecule has 1 heterocycles. The molecule has 6 nitrogen and oxygen atoms in total. The number of nitrogens with two attached hydrogens (primary N) is 2.